The quantitative estimate of drug-likeness (QED) is 0.473. The highest BCUT2D eigenvalue weighted by Gasteiger charge is 2.11. The minimum Gasteiger partial charge on any atom is -0.481 e. The molecule has 2 nitrogen and oxygen atoms in total. The lowest BCUT2D eigenvalue weighted by molar-refractivity contribution is -0.140. The van der Waals surface area contributed by atoms with Crippen LogP contribution < -0.4 is 0 Å². The van der Waals surface area contributed by atoms with Gasteiger partial charge >= 0.3 is 5.97 Å². The van der Waals surface area contributed by atoms with Crippen molar-refractivity contribution in [3.63, 3.8) is 0 Å². The molecule has 0 spiro atoms. The Hall–Kier alpha value is -0.790. The van der Waals surface area contributed by atoms with Crippen LogP contribution in [0.25, 0.3) is 0 Å². The fraction of sp³-hybridized carbons (Fsp3) is 0.667. The molecule has 0 amide bonds. The van der Waals surface area contributed by atoms with Crippen LogP contribution in [0.1, 0.15) is 32.6 Å². The molecule has 1 atom stereocenters. The Balaban J connectivity index is 3.52. The predicted octanol–water partition coefficient (Wildman–Crippen LogP) is 2.45. The molecule has 2 heteroatoms. The fourth-order valence-corrected chi connectivity index (χ4v) is 0.956. The van der Waals surface area contributed by atoms with Crippen molar-refractivity contribution in [2.24, 2.45) is 5.92 Å². The third kappa shape index (κ3) is 4.59. The van der Waals surface area contributed by atoms with Gasteiger partial charge in [0.05, 0.1) is 5.92 Å². The van der Waals surface area contributed by atoms with E-state index in [2.05, 4.69) is 13.5 Å². The minimum atomic E-state index is -0.754. The first-order chi connectivity index (χ1) is 5.22. The van der Waals surface area contributed by atoms with E-state index in [1.165, 1.54) is 6.08 Å². The van der Waals surface area contributed by atoms with Crippen LogP contribution in [0.3, 0.4) is 0 Å². The Bertz CT molecular complexity index is 130. The van der Waals surface area contributed by atoms with Crippen LogP contribution in [0, 0.1) is 5.92 Å². The summed E-state index contributed by atoms with van der Waals surface area (Å²) in [6.45, 7) is 5.58. The van der Waals surface area contributed by atoms with Gasteiger partial charge in [-0.2, -0.15) is 0 Å². The molecule has 0 aliphatic rings. The van der Waals surface area contributed by atoms with Gasteiger partial charge in [0.2, 0.25) is 0 Å². The van der Waals surface area contributed by atoms with Crippen molar-refractivity contribution in [1.82, 2.24) is 0 Å². The highest BCUT2D eigenvalue weighted by Crippen LogP contribution is 2.10. The van der Waals surface area contributed by atoms with E-state index in [9.17, 15) is 4.79 Å². The third-order valence-corrected chi connectivity index (χ3v) is 1.72. The van der Waals surface area contributed by atoms with Crippen molar-refractivity contribution < 1.29 is 9.90 Å². The highest BCUT2D eigenvalue weighted by atomic mass is 16.4. The van der Waals surface area contributed by atoms with Gasteiger partial charge in [-0.3, -0.25) is 4.79 Å². The number of hydrogen-bond donors (Lipinski definition) is 1. The summed E-state index contributed by atoms with van der Waals surface area (Å²) in [6, 6.07) is 0. The molecule has 0 radical (unpaired) electrons. The van der Waals surface area contributed by atoms with Gasteiger partial charge in [0.1, 0.15) is 0 Å². The van der Waals surface area contributed by atoms with Crippen molar-refractivity contribution in [2.75, 3.05) is 0 Å². The molecule has 0 fully saturated rings. The number of hydrogen-bond acceptors (Lipinski definition) is 1. The van der Waals surface area contributed by atoms with Gasteiger partial charge in [0.25, 0.3) is 0 Å². The summed E-state index contributed by atoms with van der Waals surface area (Å²) in [5.74, 6) is -1.10. The molecule has 0 aromatic carbocycles. The largest absolute Gasteiger partial charge is 0.481 e. The first-order valence-electron chi connectivity index (χ1n) is 4.07. The van der Waals surface area contributed by atoms with E-state index >= 15 is 0 Å². The first-order valence-corrected chi connectivity index (χ1v) is 4.07. The van der Waals surface area contributed by atoms with Crippen molar-refractivity contribution in [2.45, 2.75) is 32.6 Å². The molecule has 0 saturated carbocycles. The van der Waals surface area contributed by atoms with Crippen LogP contribution in [0.5, 0.6) is 0 Å². The van der Waals surface area contributed by atoms with Crippen LogP contribution in [0.2, 0.25) is 0 Å². The minimum absolute atomic E-state index is 0.346. The Morgan fingerprint density at radius 1 is 1.64 bits per heavy atom. The van der Waals surface area contributed by atoms with Crippen LogP contribution in [0.4, 0.5) is 0 Å². The molecule has 0 unspecified atom stereocenters. The zero-order valence-electron chi connectivity index (χ0n) is 7.05. The second-order valence-corrected chi connectivity index (χ2v) is 2.68. The maximum atomic E-state index is 10.5. The lowest BCUT2D eigenvalue weighted by Crippen LogP contribution is -2.10. The highest BCUT2D eigenvalue weighted by molar-refractivity contribution is 5.71. The van der Waals surface area contributed by atoms with Gasteiger partial charge in [0, 0.05) is 0 Å². The molecule has 0 aromatic heterocycles. The molecular weight excluding hydrogens is 140 g/mol. The summed E-state index contributed by atoms with van der Waals surface area (Å²) >= 11 is 0. The maximum absolute atomic E-state index is 10.5. The van der Waals surface area contributed by atoms with Crippen molar-refractivity contribution in [1.29, 1.82) is 0 Å². The monoisotopic (exact) mass is 156 g/mol. The van der Waals surface area contributed by atoms with E-state index in [1.54, 1.807) is 0 Å². The number of rotatable bonds is 6. The molecule has 0 heterocycles. The lowest BCUT2D eigenvalue weighted by atomic mass is 10.0. The summed E-state index contributed by atoms with van der Waals surface area (Å²) < 4.78 is 0. The summed E-state index contributed by atoms with van der Waals surface area (Å²) in [4.78, 5) is 10.5. The van der Waals surface area contributed by atoms with Crippen molar-refractivity contribution in [3.8, 4) is 0 Å². The van der Waals surface area contributed by atoms with Crippen molar-refractivity contribution >= 4 is 5.97 Å². The number of unbranched alkanes of at least 4 members (excludes halogenated alkanes) is 2. The maximum Gasteiger partial charge on any atom is 0.310 e. The Labute approximate surface area is 67.9 Å². The predicted molar refractivity (Wildman–Crippen MR) is 45.5 cm³/mol. The second kappa shape index (κ2) is 5.96. The Morgan fingerprint density at radius 3 is 2.64 bits per heavy atom. The number of carboxylic acids is 1. The molecular formula is C9H16O2. The van der Waals surface area contributed by atoms with E-state index in [0.717, 1.165) is 25.7 Å². The van der Waals surface area contributed by atoms with Gasteiger partial charge in [0.15, 0.2) is 0 Å². The van der Waals surface area contributed by atoms with Gasteiger partial charge < -0.3 is 5.11 Å². The SMILES string of the molecule is C=C[C@H](CCCCC)C(=O)O. The molecule has 0 aliphatic carbocycles. The molecule has 0 saturated heterocycles. The molecule has 0 aromatic rings. The molecule has 0 bridgehead atoms. The second-order valence-electron chi connectivity index (χ2n) is 2.68. The molecule has 0 aliphatic heterocycles. The smallest absolute Gasteiger partial charge is 0.310 e. The molecule has 64 valence electrons. The first kappa shape index (κ1) is 10.2. The van der Waals surface area contributed by atoms with E-state index < -0.39 is 5.97 Å². The average molecular weight is 156 g/mol. The third-order valence-electron chi connectivity index (χ3n) is 1.72. The zero-order valence-corrected chi connectivity index (χ0v) is 7.05. The van der Waals surface area contributed by atoms with Gasteiger partial charge in [-0.25, -0.2) is 0 Å². The van der Waals surface area contributed by atoms with E-state index in [0.29, 0.717) is 0 Å². The van der Waals surface area contributed by atoms with Crippen LogP contribution in [0.15, 0.2) is 12.7 Å². The van der Waals surface area contributed by atoms with Gasteiger partial charge in [-0.05, 0) is 6.42 Å². The summed E-state index contributed by atoms with van der Waals surface area (Å²) in [7, 11) is 0. The van der Waals surface area contributed by atoms with E-state index in [4.69, 9.17) is 5.11 Å². The van der Waals surface area contributed by atoms with Gasteiger partial charge in [-0.1, -0.05) is 32.3 Å². The van der Waals surface area contributed by atoms with Crippen LogP contribution in [-0.2, 0) is 4.79 Å². The Kier molecular flexibility index (Phi) is 5.53. The summed E-state index contributed by atoms with van der Waals surface area (Å²) in [6.07, 6.45) is 5.46. The summed E-state index contributed by atoms with van der Waals surface area (Å²) in [5.41, 5.74) is 0. The van der Waals surface area contributed by atoms with Crippen LogP contribution >= 0.6 is 0 Å². The van der Waals surface area contributed by atoms with Crippen LogP contribution in [-0.4, -0.2) is 11.1 Å². The summed E-state index contributed by atoms with van der Waals surface area (Å²) in [5, 5.41) is 8.60. The number of carbonyl (C=O) groups is 1. The average Bonchev–Trinajstić information content (AvgIpc) is 1.97. The molecule has 0 rings (SSSR count). The molecule has 1 N–H and O–H groups in total. The van der Waals surface area contributed by atoms with Crippen molar-refractivity contribution in [3.05, 3.63) is 12.7 Å². The number of aliphatic carboxylic acids is 1. The molecule has 11 heavy (non-hydrogen) atoms. The van der Waals surface area contributed by atoms with E-state index in [-0.39, 0.29) is 5.92 Å². The lowest BCUT2D eigenvalue weighted by Gasteiger charge is -2.04. The standard InChI is InChI=1S/C9H16O2/c1-3-5-6-7-8(4-2)9(10)11/h4,8H,2-3,5-7H2,1H3,(H,10,11)/t8-/m1/s1. The van der Waals surface area contributed by atoms with E-state index in [1.807, 2.05) is 0 Å². The Morgan fingerprint density at radius 2 is 2.27 bits per heavy atom. The number of carboxylic acid groups (broad SMARTS) is 1. The topological polar surface area (TPSA) is 37.3 Å². The normalized spacial score (nSPS) is 12.5. The van der Waals surface area contributed by atoms with Gasteiger partial charge in [-0.15, -0.1) is 6.58 Å². The zero-order chi connectivity index (χ0) is 8.69. The fourth-order valence-electron chi connectivity index (χ4n) is 0.956.